The van der Waals surface area contributed by atoms with Crippen molar-refractivity contribution < 1.29 is 17.6 Å². The van der Waals surface area contributed by atoms with Gasteiger partial charge in [0.25, 0.3) is 0 Å². The van der Waals surface area contributed by atoms with E-state index >= 15 is 0 Å². The van der Waals surface area contributed by atoms with Crippen molar-refractivity contribution in [3.05, 3.63) is 42.5 Å². The van der Waals surface area contributed by atoms with Gasteiger partial charge in [0, 0.05) is 42.8 Å². The Morgan fingerprint density at radius 1 is 1.18 bits per heavy atom. The summed E-state index contributed by atoms with van der Waals surface area (Å²) in [7, 11) is 0. The van der Waals surface area contributed by atoms with Crippen molar-refractivity contribution in [3.63, 3.8) is 0 Å². The number of H-pyrrole nitrogens is 1. The first-order chi connectivity index (χ1) is 13.4. The molecular weight excluding hydrogens is 374 g/mol. The Bertz CT molecular complexity index is 960. The van der Waals surface area contributed by atoms with E-state index in [4.69, 9.17) is 0 Å². The molecule has 0 saturated carbocycles. The van der Waals surface area contributed by atoms with Crippen LogP contribution in [-0.4, -0.2) is 34.4 Å². The summed E-state index contributed by atoms with van der Waals surface area (Å²) in [4.78, 5) is 4.88. The molecule has 3 aromatic rings. The molecule has 3 heterocycles. The molecule has 0 bridgehead atoms. The van der Waals surface area contributed by atoms with E-state index in [0.29, 0.717) is 42.7 Å². The third-order valence-electron chi connectivity index (χ3n) is 5.04. The normalized spacial score (nSPS) is 15.9. The number of nitrogens with one attached hydrogen (secondary N) is 2. The summed E-state index contributed by atoms with van der Waals surface area (Å²) in [5.41, 5.74) is 2.21. The fourth-order valence-electron chi connectivity index (χ4n) is 3.63. The van der Waals surface area contributed by atoms with Crippen molar-refractivity contribution in [1.29, 1.82) is 0 Å². The van der Waals surface area contributed by atoms with E-state index in [1.165, 1.54) is 6.20 Å². The summed E-state index contributed by atoms with van der Waals surface area (Å²) >= 11 is 0. The Morgan fingerprint density at radius 2 is 1.96 bits per heavy atom. The number of rotatable bonds is 4. The zero-order valence-corrected chi connectivity index (χ0v) is 14.9. The van der Waals surface area contributed by atoms with Crippen LogP contribution in [0.2, 0.25) is 0 Å². The van der Waals surface area contributed by atoms with Gasteiger partial charge >= 0.3 is 6.18 Å². The molecule has 1 fully saturated rings. The van der Waals surface area contributed by atoms with E-state index in [9.17, 15) is 17.6 Å². The molecular formula is C19H19F4N5. The van der Waals surface area contributed by atoms with Gasteiger partial charge in [-0.2, -0.15) is 18.3 Å². The van der Waals surface area contributed by atoms with E-state index in [1.807, 2.05) is 11.0 Å². The number of alkyl halides is 3. The Kier molecular flexibility index (Phi) is 4.82. The molecule has 9 heteroatoms. The van der Waals surface area contributed by atoms with Crippen molar-refractivity contribution in [3.8, 4) is 0 Å². The van der Waals surface area contributed by atoms with E-state index < -0.39 is 12.6 Å². The lowest BCUT2D eigenvalue weighted by Crippen LogP contribution is -2.35. The van der Waals surface area contributed by atoms with Gasteiger partial charge in [-0.1, -0.05) is 0 Å². The molecule has 2 N–H and O–H groups in total. The van der Waals surface area contributed by atoms with Gasteiger partial charge in [-0.3, -0.25) is 0 Å². The minimum Gasteiger partial charge on any atom is -0.370 e. The second-order valence-electron chi connectivity index (χ2n) is 7.07. The molecule has 1 aromatic carbocycles. The van der Waals surface area contributed by atoms with Gasteiger partial charge in [-0.25, -0.2) is 4.39 Å². The maximum atomic E-state index is 13.5. The van der Waals surface area contributed by atoms with Gasteiger partial charge in [0.05, 0.1) is 17.4 Å². The highest BCUT2D eigenvalue weighted by Gasteiger charge is 2.33. The molecule has 2 aromatic heterocycles. The molecule has 28 heavy (non-hydrogen) atoms. The topological polar surface area (TPSA) is 56.8 Å². The highest BCUT2D eigenvalue weighted by atomic mass is 19.4. The maximum absolute atomic E-state index is 13.5. The fourth-order valence-corrected chi connectivity index (χ4v) is 3.63. The summed E-state index contributed by atoms with van der Waals surface area (Å²) in [6, 6.07) is 7.01. The number of hydrogen-bond acceptors (Lipinski definition) is 4. The van der Waals surface area contributed by atoms with Gasteiger partial charge in [0.15, 0.2) is 5.82 Å². The lowest BCUT2D eigenvalue weighted by atomic mass is 9.93. The van der Waals surface area contributed by atoms with Gasteiger partial charge in [-0.15, -0.1) is 5.10 Å². The van der Waals surface area contributed by atoms with Crippen LogP contribution >= 0.6 is 0 Å². The van der Waals surface area contributed by atoms with Crippen LogP contribution in [0.5, 0.6) is 0 Å². The standard InChI is InChI=1S/C19H19F4N5/c20-16-11-24-17-7-13(1-2-15(16)17)26-18-8-14(10-25-27-18)28-5-3-12(4-6-28)9-19(21,22)23/h1-2,7-8,10-12,24H,3-6,9H2,(H,26,27). The maximum Gasteiger partial charge on any atom is 0.389 e. The molecule has 4 rings (SSSR count). The smallest absolute Gasteiger partial charge is 0.370 e. The summed E-state index contributed by atoms with van der Waals surface area (Å²) in [6.07, 6.45) is -0.912. The third kappa shape index (κ3) is 4.18. The van der Waals surface area contributed by atoms with E-state index in [-0.39, 0.29) is 11.7 Å². The zero-order chi connectivity index (χ0) is 19.7. The number of piperidine rings is 1. The van der Waals surface area contributed by atoms with E-state index in [1.54, 1.807) is 24.4 Å². The number of hydrogen-bond donors (Lipinski definition) is 2. The van der Waals surface area contributed by atoms with Crippen molar-refractivity contribution >= 4 is 28.1 Å². The zero-order valence-electron chi connectivity index (χ0n) is 14.9. The van der Waals surface area contributed by atoms with Crippen LogP contribution in [0.15, 0.2) is 36.7 Å². The average molecular weight is 393 g/mol. The quantitative estimate of drug-likeness (QED) is 0.612. The predicted octanol–water partition coefficient (Wildman–Crippen LogP) is 5.01. The number of aromatic nitrogens is 3. The van der Waals surface area contributed by atoms with Crippen LogP contribution in [0.1, 0.15) is 19.3 Å². The van der Waals surface area contributed by atoms with Crippen molar-refractivity contribution in [2.75, 3.05) is 23.3 Å². The number of nitrogens with zero attached hydrogens (tertiary/aromatic N) is 3. The Balaban J connectivity index is 1.43. The Morgan fingerprint density at radius 3 is 2.71 bits per heavy atom. The molecule has 148 valence electrons. The van der Waals surface area contributed by atoms with Crippen LogP contribution in [0.25, 0.3) is 10.9 Å². The van der Waals surface area contributed by atoms with Crippen molar-refractivity contribution in [2.45, 2.75) is 25.4 Å². The number of anilines is 3. The minimum absolute atomic E-state index is 0.308. The molecule has 0 spiro atoms. The SMILES string of the molecule is Fc1c[nH]c2cc(Nc3cc(N4CCC(CC(F)(F)F)CC4)cnn3)ccc12. The Hall–Kier alpha value is -2.84. The number of aromatic amines is 1. The molecule has 1 aliphatic heterocycles. The molecule has 0 radical (unpaired) electrons. The van der Waals surface area contributed by atoms with Crippen LogP contribution in [0.3, 0.4) is 0 Å². The monoisotopic (exact) mass is 393 g/mol. The highest BCUT2D eigenvalue weighted by Crippen LogP contribution is 2.32. The predicted molar refractivity (Wildman–Crippen MR) is 99.2 cm³/mol. The molecule has 0 aliphatic carbocycles. The number of benzene rings is 1. The first-order valence-electron chi connectivity index (χ1n) is 9.05. The summed E-state index contributed by atoms with van der Waals surface area (Å²) in [6.45, 7) is 1.11. The third-order valence-corrected chi connectivity index (χ3v) is 5.04. The minimum atomic E-state index is -4.11. The van der Waals surface area contributed by atoms with Gasteiger partial charge in [0.1, 0.15) is 5.82 Å². The molecule has 0 atom stereocenters. The molecule has 0 unspecified atom stereocenters. The largest absolute Gasteiger partial charge is 0.389 e. The fraction of sp³-hybridized carbons (Fsp3) is 0.368. The van der Waals surface area contributed by atoms with Crippen LogP contribution < -0.4 is 10.2 Å². The summed E-state index contributed by atoms with van der Waals surface area (Å²) in [5, 5.41) is 11.7. The lowest BCUT2D eigenvalue weighted by Gasteiger charge is -2.33. The van der Waals surface area contributed by atoms with Crippen molar-refractivity contribution in [1.82, 2.24) is 15.2 Å². The highest BCUT2D eigenvalue weighted by molar-refractivity contribution is 5.84. The van der Waals surface area contributed by atoms with Gasteiger partial charge in [0.2, 0.25) is 0 Å². The van der Waals surface area contributed by atoms with E-state index in [0.717, 1.165) is 11.4 Å². The lowest BCUT2D eigenvalue weighted by molar-refractivity contribution is -0.145. The summed E-state index contributed by atoms with van der Waals surface area (Å²) in [5.74, 6) is -0.116. The molecule has 5 nitrogen and oxygen atoms in total. The second-order valence-corrected chi connectivity index (χ2v) is 7.07. The van der Waals surface area contributed by atoms with Crippen LogP contribution in [0, 0.1) is 11.7 Å². The van der Waals surface area contributed by atoms with E-state index in [2.05, 4.69) is 20.5 Å². The Labute approximate surface area is 158 Å². The second kappa shape index (κ2) is 7.29. The van der Waals surface area contributed by atoms with Gasteiger partial charge < -0.3 is 15.2 Å². The van der Waals surface area contributed by atoms with Crippen molar-refractivity contribution in [2.24, 2.45) is 5.92 Å². The first kappa shape index (κ1) is 18.5. The molecule has 1 saturated heterocycles. The number of fused-ring (bicyclic) bond motifs is 1. The van der Waals surface area contributed by atoms with Crippen LogP contribution in [0.4, 0.5) is 34.8 Å². The summed E-state index contributed by atoms with van der Waals surface area (Å²) < 4.78 is 51.2. The molecule has 1 aliphatic rings. The number of halogens is 4. The molecule has 0 amide bonds. The average Bonchev–Trinajstić information content (AvgIpc) is 3.02. The first-order valence-corrected chi connectivity index (χ1v) is 9.05. The van der Waals surface area contributed by atoms with Crippen LogP contribution in [-0.2, 0) is 0 Å². The van der Waals surface area contributed by atoms with Gasteiger partial charge in [-0.05, 0) is 37.0 Å².